The summed E-state index contributed by atoms with van der Waals surface area (Å²) >= 11 is 0. The van der Waals surface area contributed by atoms with Crippen LogP contribution in [0.15, 0.2) is 23.1 Å². The maximum atomic E-state index is 13.8. The maximum Gasteiger partial charge on any atom is 0.243 e. The highest BCUT2D eigenvalue weighted by Gasteiger charge is 2.51. The molecule has 144 valence electrons. The first-order valence-electron chi connectivity index (χ1n) is 8.70. The first kappa shape index (κ1) is 19.3. The zero-order valence-electron chi connectivity index (χ0n) is 15.4. The van der Waals surface area contributed by atoms with Gasteiger partial charge in [-0.15, -0.1) is 0 Å². The van der Waals surface area contributed by atoms with Crippen LogP contribution in [0.2, 0.25) is 0 Å². The minimum Gasteiger partial charge on any atom is -0.384 e. The summed E-state index contributed by atoms with van der Waals surface area (Å²) in [5, 5.41) is 0. The van der Waals surface area contributed by atoms with Crippen molar-refractivity contribution < 1.29 is 22.3 Å². The van der Waals surface area contributed by atoms with Crippen LogP contribution < -0.4 is 0 Å². The van der Waals surface area contributed by atoms with Gasteiger partial charge in [-0.2, -0.15) is 4.31 Å². The molecule has 2 unspecified atom stereocenters. The summed E-state index contributed by atoms with van der Waals surface area (Å²) in [6.45, 7) is 5.38. The Morgan fingerprint density at radius 3 is 2.73 bits per heavy atom. The zero-order valence-corrected chi connectivity index (χ0v) is 16.2. The van der Waals surface area contributed by atoms with Crippen LogP contribution in [0.1, 0.15) is 18.9 Å². The smallest absolute Gasteiger partial charge is 0.243 e. The number of aryl methyl sites for hydroxylation is 1. The van der Waals surface area contributed by atoms with Crippen molar-refractivity contribution in [3.05, 3.63) is 29.6 Å². The number of amides is 1. The lowest BCUT2D eigenvalue weighted by atomic mass is 9.74. The molecule has 0 saturated carbocycles. The van der Waals surface area contributed by atoms with Crippen molar-refractivity contribution in [2.75, 3.05) is 39.9 Å². The molecular formula is C18H25FN2O4S. The van der Waals surface area contributed by atoms with Crippen molar-refractivity contribution in [2.24, 2.45) is 11.3 Å². The number of carbonyl (C=O) groups excluding carboxylic acids is 1. The van der Waals surface area contributed by atoms with Crippen LogP contribution in [0, 0.1) is 24.1 Å². The fourth-order valence-electron chi connectivity index (χ4n) is 4.12. The number of halogens is 1. The number of hydrogen-bond acceptors (Lipinski definition) is 4. The summed E-state index contributed by atoms with van der Waals surface area (Å²) in [6, 6.07) is 4.01. The lowest BCUT2D eigenvalue weighted by Gasteiger charge is -2.42. The number of benzene rings is 1. The Labute approximate surface area is 154 Å². The van der Waals surface area contributed by atoms with Gasteiger partial charge >= 0.3 is 0 Å². The molecule has 2 fully saturated rings. The Balaban J connectivity index is 1.86. The number of carbonyl (C=O) groups is 1. The Hall–Kier alpha value is -1.51. The van der Waals surface area contributed by atoms with Gasteiger partial charge in [0.1, 0.15) is 5.82 Å². The number of rotatable bonds is 4. The van der Waals surface area contributed by atoms with Gasteiger partial charge in [-0.3, -0.25) is 4.79 Å². The lowest BCUT2D eigenvalue weighted by molar-refractivity contribution is -0.128. The molecule has 6 nitrogen and oxygen atoms in total. The molecule has 0 bridgehead atoms. The number of hydrogen-bond donors (Lipinski definition) is 0. The Morgan fingerprint density at radius 1 is 1.38 bits per heavy atom. The van der Waals surface area contributed by atoms with Crippen LogP contribution >= 0.6 is 0 Å². The summed E-state index contributed by atoms with van der Waals surface area (Å²) in [5.41, 5.74) is 0.194. The van der Waals surface area contributed by atoms with Crippen LogP contribution in [-0.4, -0.2) is 63.4 Å². The Kier molecular flexibility index (Phi) is 5.11. The van der Waals surface area contributed by atoms with E-state index in [1.165, 1.54) is 23.4 Å². The van der Waals surface area contributed by atoms with E-state index in [0.29, 0.717) is 44.8 Å². The minimum atomic E-state index is -3.77. The molecule has 2 aliphatic heterocycles. The predicted octanol–water partition coefficient (Wildman–Crippen LogP) is 1.64. The predicted molar refractivity (Wildman–Crippen MR) is 94.6 cm³/mol. The normalized spacial score (nSPS) is 26.8. The van der Waals surface area contributed by atoms with Gasteiger partial charge in [0.15, 0.2) is 0 Å². The second-order valence-corrected chi connectivity index (χ2v) is 9.35. The Bertz CT molecular complexity index is 813. The highest BCUT2D eigenvalue weighted by Crippen LogP contribution is 2.44. The summed E-state index contributed by atoms with van der Waals surface area (Å²) in [6.07, 6.45) is 0.614. The van der Waals surface area contributed by atoms with Gasteiger partial charge < -0.3 is 9.64 Å². The summed E-state index contributed by atoms with van der Waals surface area (Å²) in [7, 11) is -2.14. The van der Waals surface area contributed by atoms with Crippen molar-refractivity contribution in [1.82, 2.24) is 9.21 Å². The summed E-state index contributed by atoms with van der Waals surface area (Å²) in [5.74, 6) is -0.532. The van der Waals surface area contributed by atoms with Gasteiger partial charge in [0.25, 0.3) is 0 Å². The fourth-order valence-corrected chi connectivity index (χ4v) is 5.62. The minimum absolute atomic E-state index is 0.00479. The SMILES string of the molecule is COCC12CCN(S(=O)(=O)c3ccc(C)c(F)c3)CC1CN(C(C)=O)C2. The van der Waals surface area contributed by atoms with Gasteiger partial charge in [0.05, 0.1) is 11.5 Å². The van der Waals surface area contributed by atoms with Crippen LogP contribution in [0.3, 0.4) is 0 Å². The van der Waals surface area contributed by atoms with Gasteiger partial charge in [0.2, 0.25) is 15.9 Å². The molecule has 0 N–H and O–H groups in total. The summed E-state index contributed by atoms with van der Waals surface area (Å²) < 4.78 is 46.6. The Morgan fingerprint density at radius 2 is 2.12 bits per heavy atom. The highest BCUT2D eigenvalue weighted by molar-refractivity contribution is 7.89. The molecule has 0 spiro atoms. The van der Waals surface area contributed by atoms with E-state index >= 15 is 0 Å². The zero-order chi connectivity index (χ0) is 19.1. The number of sulfonamides is 1. The lowest BCUT2D eigenvalue weighted by Crippen LogP contribution is -2.50. The van der Waals surface area contributed by atoms with Crippen LogP contribution in [-0.2, 0) is 19.6 Å². The molecule has 2 atom stereocenters. The van der Waals surface area contributed by atoms with Crippen LogP contribution in [0.4, 0.5) is 4.39 Å². The largest absolute Gasteiger partial charge is 0.384 e. The first-order chi connectivity index (χ1) is 12.2. The fraction of sp³-hybridized carbons (Fsp3) is 0.611. The molecule has 0 aliphatic carbocycles. The van der Waals surface area contributed by atoms with Gasteiger partial charge in [-0.1, -0.05) is 6.07 Å². The molecule has 8 heteroatoms. The maximum absolute atomic E-state index is 13.8. The van der Waals surface area contributed by atoms with Crippen LogP contribution in [0.25, 0.3) is 0 Å². The number of methoxy groups -OCH3 is 1. The molecule has 1 aromatic carbocycles. The quantitative estimate of drug-likeness (QED) is 0.792. The highest BCUT2D eigenvalue weighted by atomic mass is 32.2. The number of fused-ring (bicyclic) bond motifs is 1. The third-order valence-corrected chi connectivity index (χ3v) is 7.62. The second-order valence-electron chi connectivity index (χ2n) is 7.42. The third-order valence-electron chi connectivity index (χ3n) is 5.75. The monoisotopic (exact) mass is 384 g/mol. The molecule has 2 aliphatic rings. The average molecular weight is 384 g/mol. The first-order valence-corrected chi connectivity index (χ1v) is 10.1. The second kappa shape index (κ2) is 6.90. The molecular weight excluding hydrogens is 359 g/mol. The van der Waals surface area contributed by atoms with E-state index in [9.17, 15) is 17.6 Å². The van der Waals surface area contributed by atoms with Gasteiger partial charge in [-0.05, 0) is 37.0 Å². The molecule has 0 radical (unpaired) electrons. The van der Waals surface area contributed by atoms with E-state index in [2.05, 4.69) is 0 Å². The molecule has 2 saturated heterocycles. The number of ether oxygens (including phenoxy) is 1. The molecule has 3 rings (SSSR count). The van der Waals surface area contributed by atoms with Crippen molar-refractivity contribution in [2.45, 2.75) is 25.2 Å². The van der Waals surface area contributed by atoms with Crippen LogP contribution in [0.5, 0.6) is 0 Å². The van der Waals surface area contributed by atoms with Gasteiger partial charge in [0, 0.05) is 45.6 Å². The number of likely N-dealkylation sites (tertiary alicyclic amines) is 1. The molecule has 26 heavy (non-hydrogen) atoms. The standard InChI is InChI=1S/C18H25FN2O4S/c1-13-4-5-16(8-17(13)19)26(23,24)21-7-6-18(12-25-3)11-20(14(2)22)9-15(18)10-21/h4-5,8,15H,6-7,9-12H2,1-3H3. The van der Waals surface area contributed by atoms with Crippen molar-refractivity contribution >= 4 is 15.9 Å². The van der Waals surface area contributed by atoms with E-state index in [1.807, 2.05) is 0 Å². The van der Waals surface area contributed by atoms with Gasteiger partial charge in [-0.25, -0.2) is 12.8 Å². The van der Waals surface area contributed by atoms with E-state index in [4.69, 9.17) is 4.74 Å². The molecule has 0 aromatic heterocycles. The topological polar surface area (TPSA) is 66.9 Å². The van der Waals surface area contributed by atoms with Crippen molar-refractivity contribution in [3.8, 4) is 0 Å². The number of piperidine rings is 1. The van der Waals surface area contributed by atoms with E-state index < -0.39 is 15.8 Å². The summed E-state index contributed by atoms with van der Waals surface area (Å²) in [4.78, 5) is 13.6. The van der Waals surface area contributed by atoms with Crippen molar-refractivity contribution in [3.63, 3.8) is 0 Å². The number of nitrogens with zero attached hydrogens (tertiary/aromatic N) is 2. The van der Waals surface area contributed by atoms with E-state index in [0.717, 1.165) is 6.07 Å². The molecule has 1 amide bonds. The van der Waals surface area contributed by atoms with E-state index in [-0.39, 0.29) is 22.1 Å². The molecule has 1 aromatic rings. The van der Waals surface area contributed by atoms with E-state index in [1.54, 1.807) is 18.9 Å². The third kappa shape index (κ3) is 3.25. The van der Waals surface area contributed by atoms with Crippen molar-refractivity contribution in [1.29, 1.82) is 0 Å². The molecule has 2 heterocycles. The average Bonchev–Trinajstić information content (AvgIpc) is 2.96.